The van der Waals surface area contributed by atoms with E-state index in [2.05, 4.69) is 98.9 Å². The van der Waals surface area contributed by atoms with Crippen molar-refractivity contribution in [2.24, 2.45) is 0 Å². The number of unbranched alkanes of at least 4 members (excludes halogenated alkanes) is 13. The van der Waals surface area contributed by atoms with E-state index >= 15 is 0 Å². The Hall–Kier alpha value is -2.81. The molecule has 344 valence electrons. The second-order valence-corrected chi connectivity index (χ2v) is 17.8. The monoisotopic (exact) mass is 860 g/mol. The smallest absolute Gasteiger partial charge is 0.306 e. The number of carbonyl (C=O) groups is 2. The van der Waals surface area contributed by atoms with E-state index in [4.69, 9.17) is 18.5 Å². The molecular weight excluding hydrogens is 774 g/mol. The number of nitrogens with zero attached hydrogens (tertiary/aromatic N) is 1. The van der Waals surface area contributed by atoms with Crippen molar-refractivity contribution in [2.75, 3.05) is 47.5 Å². The molecular formula is C50H86NO8P. The Morgan fingerprint density at radius 1 is 0.517 bits per heavy atom. The van der Waals surface area contributed by atoms with Crippen LogP contribution in [0.2, 0.25) is 0 Å². The molecule has 0 aromatic heterocycles. The first-order valence-corrected chi connectivity index (χ1v) is 24.8. The Morgan fingerprint density at radius 3 is 1.42 bits per heavy atom. The summed E-state index contributed by atoms with van der Waals surface area (Å²) in [5, 5.41) is 0. The van der Waals surface area contributed by atoms with Crippen LogP contribution in [0.3, 0.4) is 0 Å². The molecule has 0 saturated carbocycles. The third-order valence-electron chi connectivity index (χ3n) is 9.39. The Kier molecular flexibility index (Phi) is 39.6. The van der Waals surface area contributed by atoms with Gasteiger partial charge in [0.2, 0.25) is 0 Å². The van der Waals surface area contributed by atoms with Crippen LogP contribution >= 0.6 is 7.82 Å². The number of allylic oxidation sites excluding steroid dienone is 14. The predicted molar refractivity (Wildman–Crippen MR) is 249 cm³/mol. The van der Waals surface area contributed by atoms with Crippen LogP contribution in [-0.2, 0) is 32.7 Å². The Labute approximate surface area is 367 Å². The molecule has 9 nitrogen and oxygen atoms in total. The van der Waals surface area contributed by atoms with Crippen LogP contribution in [-0.4, -0.2) is 70.0 Å². The fraction of sp³-hybridized carbons (Fsp3) is 0.680. The third kappa shape index (κ3) is 44.7. The van der Waals surface area contributed by atoms with Gasteiger partial charge < -0.3 is 27.9 Å². The van der Waals surface area contributed by atoms with E-state index in [0.717, 1.165) is 64.2 Å². The molecule has 0 bridgehead atoms. The molecule has 0 N–H and O–H groups in total. The summed E-state index contributed by atoms with van der Waals surface area (Å²) < 4.78 is 33.8. The molecule has 1 unspecified atom stereocenters. The number of hydrogen-bond acceptors (Lipinski definition) is 8. The maximum atomic E-state index is 12.7. The fourth-order valence-corrected chi connectivity index (χ4v) is 6.44. The lowest BCUT2D eigenvalue weighted by molar-refractivity contribution is -0.870. The van der Waals surface area contributed by atoms with Gasteiger partial charge in [0.25, 0.3) is 7.82 Å². The zero-order chi connectivity index (χ0) is 44.3. The number of quaternary nitrogens is 1. The van der Waals surface area contributed by atoms with E-state index in [0.29, 0.717) is 23.9 Å². The minimum Gasteiger partial charge on any atom is -0.756 e. The minimum atomic E-state index is -4.65. The number of esters is 2. The molecule has 60 heavy (non-hydrogen) atoms. The summed E-state index contributed by atoms with van der Waals surface area (Å²) in [5.74, 6) is -0.939. The zero-order valence-corrected chi connectivity index (χ0v) is 39.5. The van der Waals surface area contributed by atoms with Crippen molar-refractivity contribution in [3.05, 3.63) is 85.1 Å². The van der Waals surface area contributed by atoms with Gasteiger partial charge in [-0.2, -0.15) is 0 Å². The minimum absolute atomic E-state index is 0.0494. The molecule has 0 rings (SSSR count). The second kappa shape index (κ2) is 41.5. The van der Waals surface area contributed by atoms with Crippen molar-refractivity contribution in [1.82, 2.24) is 0 Å². The summed E-state index contributed by atoms with van der Waals surface area (Å²) in [7, 11) is 1.10. The Bertz CT molecular complexity index is 1290. The lowest BCUT2D eigenvalue weighted by Crippen LogP contribution is -2.37. The van der Waals surface area contributed by atoms with Crippen LogP contribution < -0.4 is 4.89 Å². The molecule has 0 amide bonds. The molecule has 10 heteroatoms. The standard InChI is InChI=1S/C50H86NO8P/c1-6-8-10-12-14-16-18-20-22-24-25-27-29-31-33-35-37-39-41-43-50(53)59-48(47-58-60(54,55)57-45-44-51(3,4)5)46-56-49(52)42-40-38-36-34-32-30-28-26-23-21-19-17-15-13-11-9-7-2/h14,16,20-23,25,27-28,30-31,33-34,36,48H,6-13,15,17-19,24,26,29,32,35,37-47H2,1-5H3/b16-14+,22-20+,23-21+,27-25+,30-28+,33-31+,36-34+/t48-/m1/s1. The van der Waals surface area contributed by atoms with Gasteiger partial charge in [-0.25, -0.2) is 0 Å². The van der Waals surface area contributed by atoms with E-state index in [1.165, 1.54) is 64.2 Å². The highest BCUT2D eigenvalue weighted by Crippen LogP contribution is 2.38. The van der Waals surface area contributed by atoms with Crippen molar-refractivity contribution >= 4 is 19.8 Å². The highest BCUT2D eigenvalue weighted by molar-refractivity contribution is 7.45. The molecule has 0 spiro atoms. The van der Waals surface area contributed by atoms with Crippen molar-refractivity contribution in [2.45, 2.75) is 174 Å². The van der Waals surface area contributed by atoms with E-state index < -0.39 is 32.5 Å². The van der Waals surface area contributed by atoms with Crippen molar-refractivity contribution in [3.8, 4) is 0 Å². The second-order valence-electron chi connectivity index (χ2n) is 16.4. The average molecular weight is 860 g/mol. The van der Waals surface area contributed by atoms with Crippen LogP contribution in [0.15, 0.2) is 85.1 Å². The van der Waals surface area contributed by atoms with Gasteiger partial charge in [-0.3, -0.25) is 14.2 Å². The summed E-state index contributed by atoms with van der Waals surface area (Å²) in [6.07, 6.45) is 53.3. The predicted octanol–water partition coefficient (Wildman–Crippen LogP) is 12.9. The van der Waals surface area contributed by atoms with Crippen molar-refractivity contribution < 1.29 is 42.1 Å². The van der Waals surface area contributed by atoms with Crippen LogP contribution in [0, 0.1) is 0 Å². The summed E-state index contributed by atoms with van der Waals surface area (Å²) in [6.45, 7) is 4.08. The highest BCUT2D eigenvalue weighted by Gasteiger charge is 2.21. The SMILES string of the molecule is CCCCC/C=C/C/C=C/C/C=C/C/C=C/CCCCCC(=O)O[C@H](COC(=O)CCC/C=C/C/C=C/C/C=C/CCCCCCCC)COP(=O)([O-])OCC[N+](C)(C)C. The number of likely N-dealkylation sites (N-methyl/N-ethyl adjacent to an activating group) is 1. The lowest BCUT2D eigenvalue weighted by atomic mass is 10.1. The first kappa shape index (κ1) is 57.2. The number of phosphoric ester groups is 1. The van der Waals surface area contributed by atoms with Crippen LogP contribution in [0.5, 0.6) is 0 Å². The Balaban J connectivity index is 4.50. The van der Waals surface area contributed by atoms with E-state index in [1.54, 1.807) is 0 Å². The molecule has 0 saturated heterocycles. The first-order chi connectivity index (χ1) is 29.0. The summed E-state index contributed by atoms with van der Waals surface area (Å²) >= 11 is 0. The summed E-state index contributed by atoms with van der Waals surface area (Å²) in [4.78, 5) is 37.6. The number of carbonyl (C=O) groups excluding carboxylic acids is 2. The maximum absolute atomic E-state index is 12.7. The fourth-order valence-electron chi connectivity index (χ4n) is 5.71. The largest absolute Gasteiger partial charge is 0.756 e. The van der Waals surface area contributed by atoms with Gasteiger partial charge in [0.05, 0.1) is 27.7 Å². The van der Waals surface area contributed by atoms with Crippen LogP contribution in [0.4, 0.5) is 0 Å². The van der Waals surface area contributed by atoms with E-state index in [9.17, 15) is 19.0 Å². The van der Waals surface area contributed by atoms with Crippen molar-refractivity contribution in [3.63, 3.8) is 0 Å². The van der Waals surface area contributed by atoms with Gasteiger partial charge in [0.15, 0.2) is 6.10 Å². The zero-order valence-electron chi connectivity index (χ0n) is 38.6. The van der Waals surface area contributed by atoms with Crippen LogP contribution in [0.1, 0.15) is 168 Å². The molecule has 0 aliphatic carbocycles. The Morgan fingerprint density at radius 2 is 0.917 bits per heavy atom. The summed E-state index contributed by atoms with van der Waals surface area (Å²) in [6, 6.07) is 0. The molecule has 0 aromatic carbocycles. The van der Waals surface area contributed by atoms with E-state index in [1.807, 2.05) is 21.1 Å². The third-order valence-corrected chi connectivity index (χ3v) is 10.4. The molecule has 0 heterocycles. The lowest BCUT2D eigenvalue weighted by Gasteiger charge is -2.28. The number of ether oxygens (including phenoxy) is 2. The highest BCUT2D eigenvalue weighted by atomic mass is 31.2. The first-order valence-electron chi connectivity index (χ1n) is 23.3. The number of rotatable bonds is 41. The molecule has 0 radical (unpaired) electrons. The topological polar surface area (TPSA) is 111 Å². The summed E-state index contributed by atoms with van der Waals surface area (Å²) in [5.41, 5.74) is 0. The molecule has 2 atom stereocenters. The molecule has 0 aliphatic heterocycles. The molecule has 0 fully saturated rings. The number of hydrogen-bond donors (Lipinski definition) is 0. The van der Waals surface area contributed by atoms with Gasteiger partial charge in [0, 0.05) is 12.8 Å². The van der Waals surface area contributed by atoms with E-state index in [-0.39, 0.29) is 26.1 Å². The van der Waals surface area contributed by atoms with Gasteiger partial charge >= 0.3 is 11.9 Å². The maximum Gasteiger partial charge on any atom is 0.306 e. The normalized spacial score (nSPS) is 14.3. The van der Waals surface area contributed by atoms with Crippen LogP contribution in [0.25, 0.3) is 0 Å². The number of phosphoric acid groups is 1. The molecule has 0 aliphatic rings. The van der Waals surface area contributed by atoms with Gasteiger partial charge in [-0.1, -0.05) is 150 Å². The van der Waals surface area contributed by atoms with Gasteiger partial charge in [-0.15, -0.1) is 0 Å². The van der Waals surface area contributed by atoms with Gasteiger partial charge in [0.1, 0.15) is 19.8 Å². The van der Waals surface area contributed by atoms with Crippen molar-refractivity contribution in [1.29, 1.82) is 0 Å². The average Bonchev–Trinajstić information content (AvgIpc) is 3.20. The van der Waals surface area contributed by atoms with Gasteiger partial charge in [-0.05, 0) is 89.9 Å². The quantitative estimate of drug-likeness (QED) is 0.0196. The molecule has 0 aromatic rings.